The molecule has 2 aliphatic rings. The maximum absolute atomic E-state index is 11.8. The van der Waals surface area contributed by atoms with Gasteiger partial charge in [0.05, 0.1) is 34.7 Å². The van der Waals surface area contributed by atoms with Crippen molar-refractivity contribution >= 4 is 35.1 Å². The van der Waals surface area contributed by atoms with Gasteiger partial charge in [-0.05, 0) is 29.1 Å². The van der Waals surface area contributed by atoms with Crippen molar-refractivity contribution in [3.8, 4) is 0 Å². The highest BCUT2D eigenvalue weighted by Crippen LogP contribution is 2.63. The zero-order chi connectivity index (χ0) is 19.2. The van der Waals surface area contributed by atoms with Crippen molar-refractivity contribution in [1.29, 1.82) is 0 Å². The van der Waals surface area contributed by atoms with Gasteiger partial charge in [0.25, 0.3) is 0 Å². The van der Waals surface area contributed by atoms with E-state index in [0.29, 0.717) is 15.6 Å². The van der Waals surface area contributed by atoms with Crippen LogP contribution < -0.4 is 5.73 Å². The van der Waals surface area contributed by atoms with Crippen LogP contribution in [0.25, 0.3) is 10.4 Å². The number of hydrogen-bond acceptors (Lipinski definition) is 5. The number of hydrogen-bond donors (Lipinski definition) is 3. The van der Waals surface area contributed by atoms with E-state index in [9.17, 15) is 19.8 Å². The molecule has 0 aliphatic heterocycles. The molecule has 0 radical (unpaired) electrons. The van der Waals surface area contributed by atoms with E-state index in [4.69, 9.17) is 39.2 Å². The molecule has 0 spiro atoms. The van der Waals surface area contributed by atoms with Gasteiger partial charge in [-0.3, -0.25) is 9.59 Å². The molecular weight excluding hydrogens is 387 g/mol. The number of carbonyl (C=O) groups is 2. The molecule has 2 saturated carbocycles. The molecular formula is C15H14Cl2N4O5. The van der Waals surface area contributed by atoms with E-state index in [0.717, 1.165) is 0 Å². The summed E-state index contributed by atoms with van der Waals surface area (Å²) in [4.78, 5) is 25.9. The Morgan fingerprint density at radius 1 is 1.35 bits per heavy atom. The van der Waals surface area contributed by atoms with Gasteiger partial charge in [0, 0.05) is 10.8 Å². The van der Waals surface area contributed by atoms with Gasteiger partial charge in [-0.15, -0.1) is 0 Å². The minimum absolute atomic E-state index is 0.0532. The molecule has 9 nitrogen and oxygen atoms in total. The lowest BCUT2D eigenvalue weighted by atomic mass is 9.87. The highest BCUT2D eigenvalue weighted by Gasteiger charge is 2.78. The smallest absolute Gasteiger partial charge is 0.326 e. The number of rotatable bonds is 6. The quantitative estimate of drug-likeness (QED) is 0.377. The van der Waals surface area contributed by atoms with Crippen molar-refractivity contribution in [2.75, 3.05) is 0 Å². The summed E-state index contributed by atoms with van der Waals surface area (Å²) in [6.07, 6.45) is -1.17. The van der Waals surface area contributed by atoms with Gasteiger partial charge < -0.3 is 20.7 Å². The second kappa shape index (κ2) is 6.61. The number of aliphatic carboxylic acids is 2. The van der Waals surface area contributed by atoms with Gasteiger partial charge in [0.2, 0.25) is 0 Å². The van der Waals surface area contributed by atoms with Gasteiger partial charge in [0.15, 0.2) is 0 Å². The topological polar surface area (TPSA) is 159 Å². The minimum Gasteiger partial charge on any atom is -0.481 e. The van der Waals surface area contributed by atoms with Crippen molar-refractivity contribution in [2.45, 2.75) is 24.3 Å². The van der Waals surface area contributed by atoms with Crippen LogP contribution >= 0.6 is 23.2 Å². The Morgan fingerprint density at radius 3 is 2.58 bits per heavy atom. The van der Waals surface area contributed by atoms with E-state index in [1.807, 2.05) is 0 Å². The van der Waals surface area contributed by atoms with E-state index in [1.165, 1.54) is 0 Å². The molecule has 0 unspecified atom stereocenters. The summed E-state index contributed by atoms with van der Waals surface area (Å²) in [5.41, 5.74) is 13.5. The molecule has 2 fully saturated rings. The van der Waals surface area contributed by atoms with Crippen LogP contribution in [-0.4, -0.2) is 39.8 Å². The first-order chi connectivity index (χ1) is 12.2. The summed E-state index contributed by atoms with van der Waals surface area (Å²) in [5.74, 6) is -5.09. The molecule has 0 aromatic heterocycles. The summed E-state index contributed by atoms with van der Waals surface area (Å²) < 4.78 is 5.69. The lowest BCUT2D eigenvalue weighted by molar-refractivity contribution is -0.153. The molecule has 0 saturated heterocycles. The summed E-state index contributed by atoms with van der Waals surface area (Å²) in [5, 5.41) is 23.1. The third-order valence-corrected chi connectivity index (χ3v) is 5.80. The second-order valence-electron chi connectivity index (χ2n) is 6.38. The van der Waals surface area contributed by atoms with Gasteiger partial charge in [-0.1, -0.05) is 34.4 Å². The summed E-state index contributed by atoms with van der Waals surface area (Å²) in [6, 6.07) is 3.77. The van der Waals surface area contributed by atoms with Gasteiger partial charge in [-0.25, -0.2) is 0 Å². The fourth-order valence-corrected chi connectivity index (χ4v) is 4.20. The fraction of sp³-hybridized carbons (Fsp3) is 0.467. The molecule has 0 amide bonds. The van der Waals surface area contributed by atoms with E-state index in [1.54, 1.807) is 18.2 Å². The Labute approximate surface area is 157 Å². The fourth-order valence-electron chi connectivity index (χ4n) is 3.88. The highest BCUT2D eigenvalue weighted by molar-refractivity contribution is 6.42. The second-order valence-corrected chi connectivity index (χ2v) is 7.20. The first-order valence-corrected chi connectivity index (χ1v) is 8.33. The average Bonchev–Trinajstić information content (AvgIpc) is 3.27. The first-order valence-electron chi connectivity index (χ1n) is 7.58. The predicted molar refractivity (Wildman–Crippen MR) is 90.6 cm³/mol. The average molecular weight is 401 g/mol. The Balaban J connectivity index is 1.88. The molecule has 138 valence electrons. The highest BCUT2D eigenvalue weighted by atomic mass is 35.5. The normalized spacial score (nSPS) is 34.7. The number of nitrogens with zero attached hydrogens (tertiary/aromatic N) is 3. The molecule has 26 heavy (non-hydrogen) atoms. The maximum atomic E-state index is 11.8. The molecule has 1 aromatic rings. The number of carboxylic acid groups (broad SMARTS) is 2. The monoisotopic (exact) mass is 400 g/mol. The van der Waals surface area contributed by atoms with Crippen LogP contribution in [0.2, 0.25) is 10.0 Å². The first kappa shape index (κ1) is 18.8. The van der Waals surface area contributed by atoms with Crippen LogP contribution in [0.4, 0.5) is 0 Å². The number of benzene rings is 1. The Bertz CT molecular complexity index is 830. The zero-order valence-electron chi connectivity index (χ0n) is 13.1. The van der Waals surface area contributed by atoms with Gasteiger partial charge in [0.1, 0.15) is 5.54 Å². The Morgan fingerprint density at radius 2 is 2.04 bits per heavy atom. The molecule has 6 atom stereocenters. The van der Waals surface area contributed by atoms with Crippen LogP contribution in [0.5, 0.6) is 0 Å². The largest absolute Gasteiger partial charge is 0.481 e. The van der Waals surface area contributed by atoms with E-state index in [-0.39, 0.29) is 6.61 Å². The molecule has 0 heterocycles. The SMILES string of the molecule is [N-]=[N+]=N[C@H]1[C@H]2[C@H](C(=O)O)[C@H]2[C@](N)(C(=O)O)[C@@H]1OCc1ccc(Cl)c(Cl)c1. The third-order valence-electron chi connectivity index (χ3n) is 5.06. The van der Waals surface area contributed by atoms with E-state index in [2.05, 4.69) is 10.0 Å². The number of nitrogens with two attached hydrogens (primary N) is 1. The number of halogens is 2. The maximum Gasteiger partial charge on any atom is 0.326 e. The number of carboxylic acids is 2. The molecule has 3 rings (SSSR count). The summed E-state index contributed by atoms with van der Waals surface area (Å²) in [6.45, 7) is -0.0532. The lowest BCUT2D eigenvalue weighted by Gasteiger charge is -2.33. The molecule has 4 N–H and O–H groups in total. The predicted octanol–water partition coefficient (Wildman–Crippen LogP) is 2.30. The third kappa shape index (κ3) is 2.78. The van der Waals surface area contributed by atoms with Crippen LogP contribution in [0.15, 0.2) is 23.3 Å². The molecule has 0 bridgehead atoms. The van der Waals surface area contributed by atoms with Crippen LogP contribution in [0.1, 0.15) is 5.56 Å². The number of ether oxygens (including phenoxy) is 1. The minimum atomic E-state index is -1.97. The van der Waals surface area contributed by atoms with E-state index >= 15 is 0 Å². The van der Waals surface area contributed by atoms with Crippen molar-refractivity contribution in [2.24, 2.45) is 28.6 Å². The molecule has 1 aromatic carbocycles. The number of azide groups is 1. The van der Waals surface area contributed by atoms with Crippen molar-refractivity contribution < 1.29 is 24.5 Å². The van der Waals surface area contributed by atoms with Crippen molar-refractivity contribution in [3.63, 3.8) is 0 Å². The van der Waals surface area contributed by atoms with Gasteiger partial charge >= 0.3 is 11.9 Å². The Kier molecular flexibility index (Phi) is 4.76. The zero-order valence-corrected chi connectivity index (χ0v) is 14.6. The van der Waals surface area contributed by atoms with Gasteiger partial charge in [-0.2, -0.15) is 0 Å². The van der Waals surface area contributed by atoms with Crippen LogP contribution in [0, 0.1) is 17.8 Å². The molecule has 11 heteroatoms. The van der Waals surface area contributed by atoms with Crippen molar-refractivity contribution in [1.82, 2.24) is 0 Å². The molecule has 2 aliphatic carbocycles. The van der Waals surface area contributed by atoms with Crippen LogP contribution in [0.3, 0.4) is 0 Å². The standard InChI is InChI=1S/C15H14Cl2N4O5/c16-6-2-1-5(3-7(6)17)4-26-12-11(20-21-19)8-9(13(22)23)10(8)15(12,18)14(24)25/h1-3,8-12H,4,18H2,(H,22,23)(H,24,25)/t8-,9-,10-,11-,12+,15+/m0/s1. The summed E-state index contributed by atoms with van der Waals surface area (Å²) >= 11 is 11.8. The van der Waals surface area contributed by atoms with E-state index < -0.39 is 47.4 Å². The van der Waals surface area contributed by atoms with Crippen molar-refractivity contribution in [3.05, 3.63) is 44.3 Å². The summed E-state index contributed by atoms with van der Waals surface area (Å²) in [7, 11) is 0. The lowest BCUT2D eigenvalue weighted by Crippen LogP contribution is -2.61. The number of fused-ring (bicyclic) bond motifs is 1. The van der Waals surface area contributed by atoms with Crippen LogP contribution in [-0.2, 0) is 20.9 Å². The Hall–Kier alpha value is -2.03.